The number of amides is 1. The average molecular weight is 356 g/mol. The molecule has 0 aliphatic carbocycles. The number of rotatable bonds is 4. The third-order valence-corrected chi connectivity index (χ3v) is 4.07. The predicted octanol–water partition coefficient (Wildman–Crippen LogP) is 5.18. The molecule has 126 valence electrons. The number of halogens is 2. The number of benzene rings is 2. The topological polar surface area (TPSA) is 54.0 Å². The number of aromatic nitrogens is 1. The Hall–Kier alpha value is -2.92. The first kappa shape index (κ1) is 16.9. The second kappa shape index (κ2) is 7.32. The van der Waals surface area contributed by atoms with E-state index in [1.807, 2.05) is 6.92 Å². The molecule has 0 saturated heterocycles. The number of nitrogens with zero attached hydrogens (tertiary/aromatic N) is 1. The first-order valence-corrected chi connectivity index (χ1v) is 7.96. The number of carbonyl (C=O) groups excluding carboxylic acids is 1. The Morgan fingerprint density at radius 2 is 1.80 bits per heavy atom. The van der Waals surface area contributed by atoms with Gasteiger partial charge in [-0.25, -0.2) is 9.37 Å². The second-order valence-electron chi connectivity index (χ2n) is 5.40. The summed E-state index contributed by atoms with van der Waals surface area (Å²) in [6.07, 6.45) is 1.48. The fourth-order valence-corrected chi connectivity index (χ4v) is 2.42. The van der Waals surface area contributed by atoms with Crippen molar-refractivity contribution in [3.05, 3.63) is 82.9 Å². The molecule has 0 bridgehead atoms. The van der Waals surface area contributed by atoms with Crippen molar-refractivity contribution < 1.29 is 9.18 Å². The van der Waals surface area contributed by atoms with E-state index < -0.39 is 0 Å². The molecule has 0 atom stereocenters. The van der Waals surface area contributed by atoms with E-state index in [2.05, 4.69) is 15.6 Å². The van der Waals surface area contributed by atoms with Gasteiger partial charge in [-0.1, -0.05) is 29.8 Å². The number of anilines is 3. The van der Waals surface area contributed by atoms with E-state index in [0.29, 0.717) is 22.1 Å². The summed E-state index contributed by atoms with van der Waals surface area (Å²) in [5.74, 6) is -0.705. The zero-order chi connectivity index (χ0) is 17.8. The van der Waals surface area contributed by atoms with Gasteiger partial charge in [-0.05, 0) is 48.9 Å². The highest BCUT2D eigenvalue weighted by Crippen LogP contribution is 2.23. The Bertz CT molecular complexity index is 913. The molecular weight excluding hydrogens is 341 g/mol. The lowest BCUT2D eigenvalue weighted by Gasteiger charge is -2.10. The number of hydrogen-bond acceptors (Lipinski definition) is 3. The lowest BCUT2D eigenvalue weighted by Crippen LogP contribution is -2.14. The summed E-state index contributed by atoms with van der Waals surface area (Å²) in [5.41, 5.74) is 2.60. The summed E-state index contributed by atoms with van der Waals surface area (Å²) >= 11 is 6.05. The molecule has 25 heavy (non-hydrogen) atoms. The van der Waals surface area contributed by atoms with E-state index in [1.54, 1.807) is 48.5 Å². The van der Waals surface area contributed by atoms with Gasteiger partial charge in [0.2, 0.25) is 0 Å². The minimum absolute atomic E-state index is 0.249. The van der Waals surface area contributed by atoms with Gasteiger partial charge in [-0.2, -0.15) is 0 Å². The third-order valence-electron chi connectivity index (χ3n) is 3.66. The number of carbonyl (C=O) groups is 1. The Labute approximate surface area is 149 Å². The molecule has 0 saturated carbocycles. The maximum atomic E-state index is 13.6. The van der Waals surface area contributed by atoms with Crippen LogP contribution in [0.4, 0.5) is 21.5 Å². The van der Waals surface area contributed by atoms with E-state index in [0.717, 1.165) is 5.56 Å². The van der Waals surface area contributed by atoms with Gasteiger partial charge in [-0.3, -0.25) is 4.79 Å². The van der Waals surface area contributed by atoms with Gasteiger partial charge in [0.15, 0.2) is 0 Å². The number of pyridine rings is 1. The molecule has 2 aromatic carbocycles. The largest absolute Gasteiger partial charge is 0.352 e. The zero-order valence-electron chi connectivity index (χ0n) is 13.4. The molecule has 4 nitrogen and oxygen atoms in total. The molecule has 6 heteroatoms. The Kier molecular flexibility index (Phi) is 4.95. The maximum absolute atomic E-state index is 13.6. The smallest absolute Gasteiger partial charge is 0.274 e. The highest BCUT2D eigenvalue weighted by molar-refractivity contribution is 6.31. The minimum Gasteiger partial charge on any atom is -0.352 e. The summed E-state index contributed by atoms with van der Waals surface area (Å²) in [5, 5.41) is 6.28. The minimum atomic E-state index is -0.360. The van der Waals surface area contributed by atoms with Gasteiger partial charge in [-0.15, -0.1) is 0 Å². The summed E-state index contributed by atoms with van der Waals surface area (Å²) in [4.78, 5) is 16.4. The molecular formula is C19H15ClFN3O. The Morgan fingerprint density at radius 3 is 2.52 bits per heavy atom. The summed E-state index contributed by atoms with van der Waals surface area (Å²) in [6, 6.07) is 14.9. The van der Waals surface area contributed by atoms with E-state index >= 15 is 0 Å². The molecule has 0 unspecified atom stereocenters. The fraction of sp³-hybridized carbons (Fsp3) is 0.0526. The van der Waals surface area contributed by atoms with Crippen molar-refractivity contribution in [1.82, 2.24) is 4.98 Å². The quantitative estimate of drug-likeness (QED) is 0.678. The molecule has 2 N–H and O–H groups in total. The molecule has 1 heterocycles. The van der Waals surface area contributed by atoms with E-state index in [4.69, 9.17) is 11.6 Å². The van der Waals surface area contributed by atoms with Gasteiger partial charge in [0.25, 0.3) is 5.91 Å². The summed E-state index contributed by atoms with van der Waals surface area (Å²) in [7, 11) is 0. The summed E-state index contributed by atoms with van der Waals surface area (Å²) < 4.78 is 13.6. The van der Waals surface area contributed by atoms with Crippen LogP contribution in [0.15, 0.2) is 60.8 Å². The molecule has 0 fully saturated rings. The van der Waals surface area contributed by atoms with Gasteiger partial charge in [0.05, 0.1) is 17.6 Å². The van der Waals surface area contributed by atoms with Crippen molar-refractivity contribution in [1.29, 1.82) is 0 Å². The van der Waals surface area contributed by atoms with Gasteiger partial charge in [0, 0.05) is 10.7 Å². The molecule has 0 aliphatic rings. The number of nitrogens with one attached hydrogen (secondary N) is 2. The van der Waals surface area contributed by atoms with E-state index in [9.17, 15) is 9.18 Å². The van der Waals surface area contributed by atoms with Gasteiger partial charge >= 0.3 is 0 Å². The number of hydrogen-bond donors (Lipinski definition) is 2. The molecule has 3 aromatic rings. The van der Waals surface area contributed by atoms with Crippen molar-refractivity contribution in [2.24, 2.45) is 0 Å². The molecule has 1 amide bonds. The normalized spacial score (nSPS) is 10.4. The number of para-hydroxylation sites is 1. The van der Waals surface area contributed by atoms with Crippen LogP contribution >= 0.6 is 11.6 Å². The first-order chi connectivity index (χ1) is 12.0. The van der Waals surface area contributed by atoms with Crippen molar-refractivity contribution in [3.8, 4) is 0 Å². The monoisotopic (exact) mass is 355 g/mol. The first-order valence-electron chi connectivity index (χ1n) is 7.58. The molecule has 3 rings (SSSR count). The van der Waals surface area contributed by atoms with Crippen molar-refractivity contribution in [2.45, 2.75) is 6.92 Å². The van der Waals surface area contributed by atoms with Crippen molar-refractivity contribution >= 4 is 34.6 Å². The van der Waals surface area contributed by atoms with Crippen LogP contribution in [0.25, 0.3) is 0 Å². The van der Waals surface area contributed by atoms with Gasteiger partial charge < -0.3 is 10.6 Å². The molecule has 1 aromatic heterocycles. The van der Waals surface area contributed by atoms with E-state index in [1.165, 1.54) is 12.3 Å². The summed E-state index contributed by atoms with van der Waals surface area (Å²) in [6.45, 7) is 1.83. The van der Waals surface area contributed by atoms with Crippen LogP contribution in [-0.4, -0.2) is 10.9 Å². The molecule has 0 aliphatic heterocycles. The SMILES string of the molecule is Cc1c(Cl)cccc1NC(=O)c1ccc(Nc2ccccc2F)cn1. The van der Waals surface area contributed by atoms with E-state index in [-0.39, 0.29) is 17.4 Å². The van der Waals surface area contributed by atoms with Crippen LogP contribution in [0.3, 0.4) is 0 Å². The van der Waals surface area contributed by atoms with Crippen molar-refractivity contribution in [2.75, 3.05) is 10.6 Å². The average Bonchev–Trinajstić information content (AvgIpc) is 2.61. The standard InChI is InChI=1S/C19H15ClFN3O/c1-12-14(20)5-4-8-16(12)24-19(25)18-10-9-13(11-22-18)23-17-7-3-2-6-15(17)21/h2-11,23H,1H3,(H,24,25). The van der Waals surface area contributed by atoms with Crippen LogP contribution in [0.5, 0.6) is 0 Å². The third kappa shape index (κ3) is 3.95. The highest BCUT2D eigenvalue weighted by atomic mass is 35.5. The zero-order valence-corrected chi connectivity index (χ0v) is 14.1. The second-order valence-corrected chi connectivity index (χ2v) is 5.81. The van der Waals surface area contributed by atoms with Crippen LogP contribution in [0.1, 0.15) is 16.1 Å². The maximum Gasteiger partial charge on any atom is 0.274 e. The van der Waals surface area contributed by atoms with Gasteiger partial charge in [0.1, 0.15) is 11.5 Å². The Morgan fingerprint density at radius 1 is 1.04 bits per heavy atom. The van der Waals surface area contributed by atoms with Crippen LogP contribution in [0.2, 0.25) is 5.02 Å². The van der Waals surface area contributed by atoms with Crippen molar-refractivity contribution in [3.63, 3.8) is 0 Å². The fourth-order valence-electron chi connectivity index (χ4n) is 2.25. The van der Waals surface area contributed by atoms with Crippen LogP contribution < -0.4 is 10.6 Å². The predicted molar refractivity (Wildman–Crippen MR) is 98.1 cm³/mol. The van der Waals surface area contributed by atoms with Crippen LogP contribution in [-0.2, 0) is 0 Å². The molecule has 0 spiro atoms. The Balaban J connectivity index is 1.72. The van der Waals surface area contributed by atoms with Crippen LogP contribution in [0, 0.1) is 12.7 Å². The highest BCUT2D eigenvalue weighted by Gasteiger charge is 2.10. The lowest BCUT2D eigenvalue weighted by atomic mass is 10.2. The molecule has 0 radical (unpaired) electrons. The lowest BCUT2D eigenvalue weighted by molar-refractivity contribution is 0.102.